The monoisotopic (exact) mass is 544 g/mol. The van der Waals surface area contributed by atoms with E-state index in [4.69, 9.17) is 0 Å². The lowest BCUT2D eigenvalue weighted by Gasteiger charge is -2.30. The zero-order valence-corrected chi connectivity index (χ0v) is 21.4. The van der Waals surface area contributed by atoms with Crippen molar-refractivity contribution in [2.45, 2.75) is 64.3 Å². The molecule has 1 saturated carbocycles. The molecule has 166 valence electrons. The van der Waals surface area contributed by atoms with E-state index in [-0.39, 0.29) is 24.0 Å². The summed E-state index contributed by atoms with van der Waals surface area (Å²) in [5.41, 5.74) is 3.13. The van der Waals surface area contributed by atoms with E-state index < -0.39 is 10.8 Å². The Bertz CT molecular complexity index is 867. The van der Waals surface area contributed by atoms with Crippen LogP contribution in [0.2, 0.25) is 0 Å². The van der Waals surface area contributed by atoms with Gasteiger partial charge in [0.05, 0.1) is 5.69 Å². The molecule has 1 aliphatic rings. The molecule has 0 amide bonds. The van der Waals surface area contributed by atoms with Crippen LogP contribution in [0.4, 0.5) is 0 Å². The molecule has 1 fully saturated rings. The highest BCUT2D eigenvalue weighted by Gasteiger charge is 2.26. The van der Waals surface area contributed by atoms with Gasteiger partial charge < -0.3 is 10.6 Å². The fourth-order valence-electron chi connectivity index (χ4n) is 3.83. The summed E-state index contributed by atoms with van der Waals surface area (Å²) in [6.45, 7) is 6.65. The number of aryl methyl sites for hydroxylation is 2. The Hall–Kier alpha value is -1.49. The highest BCUT2D eigenvalue weighted by molar-refractivity contribution is 14.0. The van der Waals surface area contributed by atoms with Gasteiger partial charge in [-0.2, -0.15) is 5.10 Å². The smallest absolute Gasteiger partial charge is 0.191 e. The number of aliphatic imine (C=N–C) groups is 1. The Morgan fingerprint density at radius 3 is 2.73 bits per heavy atom. The summed E-state index contributed by atoms with van der Waals surface area (Å²) >= 11 is 0. The topological polar surface area (TPSA) is 84.2 Å². The van der Waals surface area contributed by atoms with Crippen molar-refractivity contribution in [2.75, 3.05) is 12.8 Å². The van der Waals surface area contributed by atoms with Crippen LogP contribution in [0.5, 0.6) is 0 Å². The van der Waals surface area contributed by atoms with Gasteiger partial charge in [0.1, 0.15) is 0 Å². The number of aromatic nitrogens is 3. The molecule has 3 atom stereocenters. The lowest BCUT2D eigenvalue weighted by atomic mass is 9.95. The molecule has 0 spiro atoms. The van der Waals surface area contributed by atoms with Crippen molar-refractivity contribution < 1.29 is 4.21 Å². The molecule has 9 heteroatoms. The fraction of sp³-hybridized carbons (Fsp3) is 0.571. The second-order valence-electron chi connectivity index (χ2n) is 7.59. The zero-order chi connectivity index (χ0) is 20.8. The molecular formula is C21H33IN6OS. The fourth-order valence-corrected chi connectivity index (χ4v) is 5.18. The maximum Gasteiger partial charge on any atom is 0.191 e. The van der Waals surface area contributed by atoms with Crippen LogP contribution >= 0.6 is 24.0 Å². The first-order chi connectivity index (χ1) is 14.0. The van der Waals surface area contributed by atoms with Gasteiger partial charge in [0.15, 0.2) is 11.8 Å². The summed E-state index contributed by atoms with van der Waals surface area (Å²) < 4.78 is 14.0. The first-order valence-electron chi connectivity index (χ1n) is 10.3. The molecule has 0 saturated heterocycles. The molecule has 30 heavy (non-hydrogen) atoms. The Kier molecular flexibility index (Phi) is 9.73. The van der Waals surface area contributed by atoms with E-state index in [2.05, 4.69) is 31.8 Å². The predicted octanol–water partition coefficient (Wildman–Crippen LogP) is 3.25. The predicted molar refractivity (Wildman–Crippen MR) is 134 cm³/mol. The van der Waals surface area contributed by atoms with Crippen LogP contribution in [0.25, 0.3) is 5.82 Å². The second kappa shape index (κ2) is 11.8. The summed E-state index contributed by atoms with van der Waals surface area (Å²) in [5, 5.41) is 11.6. The highest BCUT2D eigenvalue weighted by atomic mass is 127. The van der Waals surface area contributed by atoms with Crippen LogP contribution < -0.4 is 10.6 Å². The van der Waals surface area contributed by atoms with Gasteiger partial charge >= 0.3 is 0 Å². The van der Waals surface area contributed by atoms with Crippen LogP contribution in [0.1, 0.15) is 49.6 Å². The van der Waals surface area contributed by atoms with Gasteiger partial charge in [-0.3, -0.25) is 9.20 Å². The van der Waals surface area contributed by atoms with Crippen molar-refractivity contribution in [3.63, 3.8) is 0 Å². The average molecular weight is 545 g/mol. The lowest BCUT2D eigenvalue weighted by Crippen LogP contribution is -2.46. The molecule has 3 unspecified atom stereocenters. The molecule has 0 bridgehead atoms. The number of hydrogen-bond acceptors (Lipinski definition) is 4. The Morgan fingerprint density at radius 1 is 1.33 bits per heavy atom. The van der Waals surface area contributed by atoms with Crippen LogP contribution in [-0.4, -0.2) is 49.0 Å². The number of hydrogen-bond donors (Lipinski definition) is 2. The Balaban J connectivity index is 0.00000320. The number of halogens is 1. The van der Waals surface area contributed by atoms with Gasteiger partial charge in [0.25, 0.3) is 0 Å². The van der Waals surface area contributed by atoms with Gasteiger partial charge in [-0.1, -0.05) is 19.4 Å². The first-order valence-corrected chi connectivity index (χ1v) is 11.7. The molecule has 2 aromatic rings. The molecule has 0 radical (unpaired) electrons. The molecule has 0 aromatic carbocycles. The van der Waals surface area contributed by atoms with Crippen LogP contribution in [0.15, 0.2) is 29.4 Å². The van der Waals surface area contributed by atoms with Crippen molar-refractivity contribution in [2.24, 2.45) is 4.99 Å². The lowest BCUT2D eigenvalue weighted by molar-refractivity contribution is 0.413. The highest BCUT2D eigenvalue weighted by Crippen LogP contribution is 2.23. The van der Waals surface area contributed by atoms with E-state index in [1.165, 1.54) is 0 Å². The van der Waals surface area contributed by atoms with Crippen molar-refractivity contribution >= 4 is 40.7 Å². The van der Waals surface area contributed by atoms with Gasteiger partial charge in [0, 0.05) is 53.3 Å². The third-order valence-electron chi connectivity index (χ3n) is 5.34. The van der Waals surface area contributed by atoms with Crippen molar-refractivity contribution in [1.82, 2.24) is 25.4 Å². The Labute approximate surface area is 199 Å². The second-order valence-corrected chi connectivity index (χ2v) is 9.59. The normalized spacial score (nSPS) is 20.3. The molecule has 2 aromatic heterocycles. The minimum Gasteiger partial charge on any atom is -0.354 e. The first kappa shape index (κ1) is 24.8. The molecule has 3 rings (SSSR count). The Morgan fingerprint density at radius 2 is 2.13 bits per heavy atom. The number of guanidine groups is 1. The van der Waals surface area contributed by atoms with E-state index in [1.807, 2.05) is 43.8 Å². The summed E-state index contributed by atoms with van der Waals surface area (Å²) in [7, 11) is 1.06. The molecule has 7 nitrogen and oxygen atoms in total. The van der Waals surface area contributed by atoms with Gasteiger partial charge in [-0.05, 0) is 50.8 Å². The average Bonchev–Trinajstić information content (AvgIpc) is 3.09. The zero-order valence-electron chi connectivity index (χ0n) is 18.2. The third kappa shape index (κ3) is 6.50. The molecule has 2 heterocycles. The van der Waals surface area contributed by atoms with E-state index in [1.54, 1.807) is 7.05 Å². The van der Waals surface area contributed by atoms with Crippen molar-refractivity contribution in [3.8, 4) is 5.82 Å². The van der Waals surface area contributed by atoms with Gasteiger partial charge in [0.2, 0.25) is 0 Å². The number of nitrogens with zero attached hydrogens (tertiary/aromatic N) is 4. The quantitative estimate of drug-likeness (QED) is 0.332. The summed E-state index contributed by atoms with van der Waals surface area (Å²) in [4.78, 5) is 8.90. The number of pyridine rings is 1. The van der Waals surface area contributed by atoms with Gasteiger partial charge in [-0.25, -0.2) is 9.67 Å². The summed E-state index contributed by atoms with van der Waals surface area (Å²) in [6.07, 6.45) is 6.09. The van der Waals surface area contributed by atoms with Crippen molar-refractivity contribution in [3.05, 3.63) is 41.3 Å². The molecule has 2 N–H and O–H groups in total. The van der Waals surface area contributed by atoms with E-state index >= 15 is 0 Å². The SMILES string of the molecule is CCS(=O)C1CCCC(NC(=NC)NCc2ccc(-n3nc(C)cc3C)nc2)C1.I. The standard InChI is InChI=1S/C21H32N6OS.HI/c1-5-29(28)19-8-6-7-18(12-19)25-21(22-4)24-14-17-9-10-20(23-13-17)27-16(3)11-15(2)26-27;/h9-11,13,18-19H,5-8,12,14H2,1-4H3,(H2,22,24,25);1H. The number of nitrogens with one attached hydrogen (secondary N) is 2. The molecular weight excluding hydrogens is 511 g/mol. The van der Waals surface area contributed by atoms with Crippen molar-refractivity contribution in [1.29, 1.82) is 0 Å². The minimum absolute atomic E-state index is 0. The van der Waals surface area contributed by atoms with Crippen LogP contribution in [-0.2, 0) is 17.3 Å². The summed E-state index contributed by atoms with van der Waals surface area (Å²) in [6, 6.07) is 6.40. The van der Waals surface area contributed by atoms with Crippen LogP contribution in [0, 0.1) is 13.8 Å². The largest absolute Gasteiger partial charge is 0.354 e. The van der Waals surface area contributed by atoms with E-state index in [0.717, 1.165) is 60.2 Å². The number of rotatable bonds is 6. The van der Waals surface area contributed by atoms with Crippen LogP contribution in [0.3, 0.4) is 0 Å². The molecule has 1 aliphatic carbocycles. The van der Waals surface area contributed by atoms with E-state index in [9.17, 15) is 4.21 Å². The summed E-state index contributed by atoms with van der Waals surface area (Å²) in [5.74, 6) is 2.34. The maximum absolute atomic E-state index is 12.2. The molecule has 0 aliphatic heterocycles. The van der Waals surface area contributed by atoms with Gasteiger partial charge in [-0.15, -0.1) is 24.0 Å². The maximum atomic E-state index is 12.2. The van der Waals surface area contributed by atoms with E-state index in [0.29, 0.717) is 17.8 Å². The minimum atomic E-state index is -0.718. The third-order valence-corrected chi connectivity index (χ3v) is 7.08.